The molecule has 6 aromatic carbocycles. The second-order valence-electron chi connectivity index (χ2n) is 24.7. The van der Waals surface area contributed by atoms with Crippen molar-refractivity contribution in [2.45, 2.75) is 91.0 Å². The van der Waals surface area contributed by atoms with Crippen LogP contribution in [0.15, 0.2) is 158 Å². The minimum atomic E-state index is -4.67. The van der Waals surface area contributed by atoms with Gasteiger partial charge in [0.1, 0.15) is 50.0 Å². The highest BCUT2D eigenvalue weighted by atomic mass is 19.4. The fraction of sp³-hybridized carbons (Fsp3) is 0.361. The van der Waals surface area contributed by atoms with Crippen molar-refractivity contribution in [3.8, 4) is 17.2 Å². The van der Waals surface area contributed by atoms with Crippen LogP contribution in [0.5, 0.6) is 17.2 Å². The second-order valence-corrected chi connectivity index (χ2v) is 24.7. The molecule has 6 aromatic rings. The number of nitrogens with two attached hydrogens (primary N) is 4. The molecule has 99 heavy (non-hydrogen) atoms. The number of aromatic hydroxyl groups is 1. The molecule has 0 saturated heterocycles. The van der Waals surface area contributed by atoms with Crippen molar-refractivity contribution in [3.63, 3.8) is 0 Å². The predicted molar refractivity (Wildman–Crippen MR) is 360 cm³/mol. The molecule has 0 unspecified atom stereocenters. The normalized spacial score (nSPS) is 12.1. The van der Waals surface area contributed by atoms with E-state index in [1.807, 2.05) is 13.8 Å². The lowest BCUT2D eigenvalue weighted by molar-refractivity contribution is -0.147. The van der Waals surface area contributed by atoms with Gasteiger partial charge in [-0.3, -0.25) is 47.9 Å². The summed E-state index contributed by atoms with van der Waals surface area (Å²) >= 11 is 0. The van der Waals surface area contributed by atoms with Gasteiger partial charge in [-0.15, -0.1) is 0 Å². The van der Waals surface area contributed by atoms with Gasteiger partial charge in [-0.2, -0.15) is 13.2 Å². The van der Waals surface area contributed by atoms with Gasteiger partial charge < -0.3 is 72.0 Å². The third-order valence-corrected chi connectivity index (χ3v) is 16.3. The zero-order chi connectivity index (χ0) is 71.8. The molecule has 1 saturated carbocycles. The van der Waals surface area contributed by atoms with Gasteiger partial charge >= 0.3 is 6.18 Å². The van der Waals surface area contributed by atoms with Gasteiger partial charge in [0.25, 0.3) is 0 Å². The Balaban J connectivity index is 1.12. The number of phenols is 1. The SMILES string of the molecule is CC(C)CN(CC(=O)N(CC(=O)N(CC(=O)N(CC(N)=O)Cc1ccccc1)Cc1ccc(Oc2cccc(CN(CC(N)=O)C(=O)CN(Cc3ccc(O)cc3)C(=O)CN(Cc3ccccc3)C(=O)CN(C(=O)CN)C3CCCC3)c2)cc1)Cc1ccc(C(F)(F)F)cc1)C(=O)CN. The van der Waals surface area contributed by atoms with Crippen LogP contribution in [0.2, 0.25) is 0 Å². The van der Waals surface area contributed by atoms with E-state index in [0.29, 0.717) is 40.7 Å². The molecule has 0 atom stereocenters. The van der Waals surface area contributed by atoms with Crippen LogP contribution in [-0.4, -0.2) is 181 Å². The summed E-state index contributed by atoms with van der Waals surface area (Å²) in [5.41, 5.74) is 24.9. The average molecular weight is 1370 g/mol. The first-order valence-electron chi connectivity index (χ1n) is 32.3. The fourth-order valence-corrected chi connectivity index (χ4v) is 11.3. The maximum atomic E-state index is 14.8. The topological polar surface area (TPSA) is 330 Å². The third-order valence-electron chi connectivity index (χ3n) is 16.3. The lowest BCUT2D eigenvalue weighted by atomic mass is 10.1. The molecule has 0 heterocycles. The highest BCUT2D eigenvalue weighted by molar-refractivity contribution is 5.93. The molecule has 9 N–H and O–H groups in total. The molecule has 27 heteroatoms. The standard InChI is InChI=1S/C72H85F3N12O12/c1-50(2)35-80(64(91)33-76)44-68(95)83(38-53-20-26-57(27-21-53)72(73,74)75)47-69(96)85(45-66(93)81(42-62(78)89)36-51-12-5-3-6-13-51)40-55-24-30-60(31-25-55)99-61-19-11-16-56(32-61)41-82(43-63(79)90)67(94)46-84(39-54-22-28-59(88)29-23-54)70(97)48-86(37-52-14-7-4-8-15-52)71(98)49-87(65(92)34-77)58-17-9-10-18-58/h3-8,11-16,19-32,50,58,88H,9-10,17-18,33-49,76-77H2,1-2H3,(H2,78,89)(H2,79,90). The van der Waals surface area contributed by atoms with Gasteiger partial charge in [0.05, 0.1) is 38.3 Å². The molecule has 1 fully saturated rings. The maximum Gasteiger partial charge on any atom is 0.416 e. The highest BCUT2D eigenvalue weighted by Gasteiger charge is 2.34. The summed E-state index contributed by atoms with van der Waals surface area (Å²) < 4.78 is 47.2. The number of primary amides is 2. The molecule has 0 spiro atoms. The van der Waals surface area contributed by atoms with Crippen molar-refractivity contribution < 1.29 is 71.0 Å². The van der Waals surface area contributed by atoms with Crippen LogP contribution in [0.3, 0.4) is 0 Å². The average Bonchev–Trinajstić information content (AvgIpc) is 1.41. The van der Waals surface area contributed by atoms with E-state index in [1.54, 1.807) is 121 Å². The summed E-state index contributed by atoms with van der Waals surface area (Å²) in [4.78, 5) is 148. The summed E-state index contributed by atoms with van der Waals surface area (Å²) in [5.74, 6) is -6.37. The largest absolute Gasteiger partial charge is 0.508 e. The molecule has 24 nitrogen and oxygen atoms in total. The summed E-state index contributed by atoms with van der Waals surface area (Å²) in [7, 11) is 0. The van der Waals surface area contributed by atoms with E-state index in [-0.39, 0.29) is 93.7 Å². The van der Waals surface area contributed by atoms with E-state index < -0.39 is 123 Å². The van der Waals surface area contributed by atoms with Crippen molar-refractivity contribution in [1.29, 1.82) is 0 Å². The third kappa shape index (κ3) is 24.1. The van der Waals surface area contributed by atoms with E-state index in [9.17, 15) is 66.2 Å². The zero-order valence-electron chi connectivity index (χ0n) is 55.5. The Morgan fingerprint density at radius 2 is 0.778 bits per heavy atom. The lowest BCUT2D eigenvalue weighted by Crippen LogP contribution is -2.51. The first-order valence-corrected chi connectivity index (χ1v) is 32.3. The minimum Gasteiger partial charge on any atom is -0.508 e. The number of nitrogens with zero attached hydrogens (tertiary/aromatic N) is 8. The summed E-state index contributed by atoms with van der Waals surface area (Å²) in [6, 6.07) is 40.3. The summed E-state index contributed by atoms with van der Waals surface area (Å²) in [6.07, 6.45) is -1.51. The van der Waals surface area contributed by atoms with E-state index >= 15 is 0 Å². The second kappa shape index (κ2) is 36.6. The molecule has 526 valence electrons. The number of halogens is 3. The summed E-state index contributed by atoms with van der Waals surface area (Å²) in [5, 5.41) is 10.1. The van der Waals surface area contributed by atoms with E-state index in [4.69, 9.17) is 27.7 Å². The van der Waals surface area contributed by atoms with Crippen LogP contribution in [0, 0.1) is 5.92 Å². The number of alkyl halides is 3. The number of hydrogen-bond donors (Lipinski definition) is 5. The van der Waals surface area contributed by atoms with Crippen LogP contribution in [0.25, 0.3) is 0 Å². The van der Waals surface area contributed by atoms with Gasteiger partial charge in [0.2, 0.25) is 59.1 Å². The molecule has 1 aliphatic carbocycles. The Kier molecular flexibility index (Phi) is 28.0. The maximum absolute atomic E-state index is 14.8. The number of carbonyl (C=O) groups excluding carboxylic acids is 10. The van der Waals surface area contributed by atoms with Crippen molar-refractivity contribution >= 4 is 59.1 Å². The Hall–Kier alpha value is -10.7. The van der Waals surface area contributed by atoms with Crippen LogP contribution in [0.4, 0.5) is 13.2 Å². The summed E-state index contributed by atoms with van der Waals surface area (Å²) in [6.45, 7) is -2.52. The van der Waals surface area contributed by atoms with E-state index in [0.717, 1.165) is 46.9 Å². The number of rotatable bonds is 35. The van der Waals surface area contributed by atoms with Crippen molar-refractivity contribution in [2.24, 2.45) is 28.9 Å². The van der Waals surface area contributed by atoms with Crippen LogP contribution >= 0.6 is 0 Å². The van der Waals surface area contributed by atoms with E-state index in [2.05, 4.69) is 0 Å². The number of phenolic OH excluding ortho intramolecular Hbond substituents is 1. The first-order chi connectivity index (χ1) is 47.2. The molecule has 0 bridgehead atoms. The molecule has 1 aliphatic rings. The number of benzene rings is 6. The lowest BCUT2D eigenvalue weighted by Gasteiger charge is -2.33. The van der Waals surface area contributed by atoms with Crippen LogP contribution in [0.1, 0.15) is 78.5 Å². The Morgan fingerprint density at radius 3 is 1.17 bits per heavy atom. The molecule has 0 aromatic heterocycles. The Morgan fingerprint density at radius 1 is 0.424 bits per heavy atom. The van der Waals surface area contributed by atoms with Gasteiger partial charge in [0.15, 0.2) is 0 Å². The fourth-order valence-electron chi connectivity index (χ4n) is 11.3. The van der Waals surface area contributed by atoms with E-state index in [1.165, 1.54) is 41.5 Å². The minimum absolute atomic E-state index is 0.0129. The Labute approximate surface area is 572 Å². The van der Waals surface area contributed by atoms with Gasteiger partial charge in [-0.05, 0) is 101 Å². The molecule has 0 aliphatic heterocycles. The molecule has 7 rings (SSSR count). The smallest absolute Gasteiger partial charge is 0.416 e. The van der Waals surface area contributed by atoms with Gasteiger partial charge in [0, 0.05) is 51.9 Å². The number of ether oxygens (including phenoxy) is 1. The zero-order valence-corrected chi connectivity index (χ0v) is 55.5. The molecule has 10 amide bonds. The highest BCUT2D eigenvalue weighted by Crippen LogP contribution is 2.30. The number of carbonyl (C=O) groups is 10. The number of amides is 10. The monoisotopic (exact) mass is 1370 g/mol. The first kappa shape index (κ1) is 75.7. The molecule has 0 radical (unpaired) electrons. The van der Waals surface area contributed by atoms with Crippen LogP contribution in [-0.2, 0) is 93.4 Å². The van der Waals surface area contributed by atoms with Crippen LogP contribution < -0.4 is 27.7 Å². The number of hydrogen-bond acceptors (Lipinski definition) is 14. The molecular formula is C72H85F3N12O12. The van der Waals surface area contributed by atoms with Crippen molar-refractivity contribution in [1.82, 2.24) is 39.2 Å². The Bertz CT molecular complexity index is 3730. The quantitative estimate of drug-likeness (QED) is 0.0345. The van der Waals surface area contributed by atoms with Gasteiger partial charge in [-0.25, -0.2) is 0 Å². The predicted octanol–water partition coefficient (Wildman–Crippen LogP) is 5.12. The van der Waals surface area contributed by atoms with Crippen molar-refractivity contribution in [3.05, 3.63) is 197 Å². The molecular weight excluding hydrogens is 1280 g/mol. The van der Waals surface area contributed by atoms with Crippen molar-refractivity contribution in [2.75, 3.05) is 72.0 Å². The van der Waals surface area contributed by atoms with Gasteiger partial charge in [-0.1, -0.05) is 136 Å².